The SMILES string of the molecule is CN([C@H](c1ccc(C(F)(F)F)cc1)C(F)(F)F)[S@@](=N)(=O)c1cncc(C#N)c1. The Morgan fingerprint density at radius 1 is 1.14 bits per heavy atom. The zero-order valence-corrected chi connectivity index (χ0v) is 14.9. The average Bonchev–Trinajstić information content (AvgIpc) is 2.60. The van der Waals surface area contributed by atoms with Crippen LogP contribution in [0.25, 0.3) is 0 Å². The van der Waals surface area contributed by atoms with Crippen molar-refractivity contribution in [3.8, 4) is 6.07 Å². The minimum absolute atomic E-state index is 0.107. The highest BCUT2D eigenvalue weighted by molar-refractivity contribution is 7.90. The summed E-state index contributed by atoms with van der Waals surface area (Å²) < 4.78 is 99.9. The van der Waals surface area contributed by atoms with Gasteiger partial charge in [-0.1, -0.05) is 12.1 Å². The van der Waals surface area contributed by atoms with Crippen LogP contribution in [0.15, 0.2) is 47.6 Å². The summed E-state index contributed by atoms with van der Waals surface area (Å²) in [6, 6.07) is 2.22. The molecule has 12 heteroatoms. The zero-order valence-electron chi connectivity index (χ0n) is 14.0. The zero-order chi connectivity index (χ0) is 21.3. The van der Waals surface area contributed by atoms with Crippen molar-refractivity contribution in [2.24, 2.45) is 0 Å². The number of hydrogen-bond donors (Lipinski definition) is 1. The van der Waals surface area contributed by atoms with Gasteiger partial charge in [0.2, 0.25) is 0 Å². The number of halogens is 6. The molecule has 0 amide bonds. The second kappa shape index (κ2) is 7.40. The van der Waals surface area contributed by atoms with E-state index in [-0.39, 0.29) is 9.87 Å². The number of nitriles is 1. The van der Waals surface area contributed by atoms with Gasteiger partial charge in [0.05, 0.1) is 16.0 Å². The van der Waals surface area contributed by atoms with Gasteiger partial charge in [-0.05, 0) is 23.8 Å². The number of aromatic nitrogens is 1. The monoisotopic (exact) mass is 422 g/mol. The summed E-state index contributed by atoms with van der Waals surface area (Å²) in [6.07, 6.45) is -7.80. The summed E-state index contributed by atoms with van der Waals surface area (Å²) in [5, 5.41) is 8.85. The van der Waals surface area contributed by atoms with Gasteiger partial charge in [-0.25, -0.2) is 13.3 Å². The first kappa shape index (κ1) is 21.6. The predicted molar refractivity (Wildman–Crippen MR) is 86.1 cm³/mol. The first-order valence-electron chi connectivity index (χ1n) is 7.39. The molecule has 1 aromatic heterocycles. The van der Waals surface area contributed by atoms with Crippen molar-refractivity contribution >= 4 is 9.92 Å². The summed E-state index contributed by atoms with van der Waals surface area (Å²) in [6.45, 7) is 0. The lowest BCUT2D eigenvalue weighted by Gasteiger charge is -2.31. The van der Waals surface area contributed by atoms with Crippen molar-refractivity contribution in [1.29, 1.82) is 10.0 Å². The third kappa shape index (κ3) is 4.42. The summed E-state index contributed by atoms with van der Waals surface area (Å²) in [4.78, 5) is 3.15. The Morgan fingerprint density at radius 2 is 1.71 bits per heavy atom. The second-order valence-electron chi connectivity index (χ2n) is 5.66. The molecule has 0 aliphatic carbocycles. The molecule has 1 aromatic carbocycles. The molecule has 2 aromatic rings. The predicted octanol–water partition coefficient (Wildman–Crippen LogP) is 4.53. The maximum atomic E-state index is 13.6. The molecule has 0 saturated heterocycles. The maximum absolute atomic E-state index is 13.6. The van der Waals surface area contributed by atoms with Gasteiger partial charge in [0, 0.05) is 19.4 Å². The van der Waals surface area contributed by atoms with E-state index in [1.54, 1.807) is 6.07 Å². The first-order chi connectivity index (χ1) is 12.8. The lowest BCUT2D eigenvalue weighted by molar-refractivity contribution is -0.170. The van der Waals surface area contributed by atoms with Crippen LogP contribution in [-0.2, 0) is 16.1 Å². The van der Waals surface area contributed by atoms with Crippen LogP contribution in [0.4, 0.5) is 26.3 Å². The first-order valence-corrected chi connectivity index (χ1v) is 8.91. The molecule has 0 bridgehead atoms. The molecule has 1 N–H and O–H groups in total. The number of nitrogens with one attached hydrogen (secondary N) is 1. The van der Waals surface area contributed by atoms with Crippen LogP contribution in [0, 0.1) is 16.1 Å². The van der Waals surface area contributed by atoms with Crippen LogP contribution < -0.4 is 0 Å². The molecule has 0 radical (unpaired) electrons. The topological polar surface area (TPSA) is 80.8 Å². The Morgan fingerprint density at radius 3 is 2.18 bits per heavy atom. The molecule has 0 aliphatic heterocycles. The minimum atomic E-state index is -5.04. The molecule has 1 heterocycles. The third-order valence-electron chi connectivity index (χ3n) is 3.79. The van der Waals surface area contributed by atoms with Gasteiger partial charge in [0.25, 0.3) is 0 Å². The van der Waals surface area contributed by atoms with E-state index in [1.807, 2.05) is 0 Å². The third-order valence-corrected chi connectivity index (χ3v) is 5.68. The van der Waals surface area contributed by atoms with Crippen molar-refractivity contribution in [2.45, 2.75) is 23.3 Å². The molecule has 2 rings (SSSR count). The fourth-order valence-electron chi connectivity index (χ4n) is 2.41. The summed E-state index contributed by atoms with van der Waals surface area (Å²) >= 11 is 0. The number of rotatable bonds is 4. The summed E-state index contributed by atoms with van der Waals surface area (Å²) in [5.41, 5.74) is -1.87. The quantitative estimate of drug-likeness (QED) is 0.736. The Hall–Kier alpha value is -2.65. The van der Waals surface area contributed by atoms with Crippen LogP contribution >= 0.6 is 0 Å². The van der Waals surface area contributed by atoms with E-state index >= 15 is 0 Å². The molecule has 0 unspecified atom stereocenters. The Bertz CT molecular complexity index is 994. The molecule has 0 saturated carbocycles. The lowest BCUT2D eigenvalue weighted by atomic mass is 10.0. The average molecular weight is 422 g/mol. The molecular formula is C16H12F6N4OS. The molecule has 150 valence electrons. The molecule has 0 aliphatic rings. The lowest BCUT2D eigenvalue weighted by Crippen LogP contribution is -2.39. The maximum Gasteiger partial charge on any atom is 0.416 e. The smallest absolute Gasteiger partial charge is 0.262 e. The van der Waals surface area contributed by atoms with Crippen LogP contribution in [-0.4, -0.2) is 26.7 Å². The minimum Gasteiger partial charge on any atom is -0.262 e. The number of nitrogens with zero attached hydrogens (tertiary/aromatic N) is 3. The normalized spacial score (nSPS) is 15.7. The molecule has 2 atom stereocenters. The van der Waals surface area contributed by atoms with Crippen molar-refractivity contribution < 1.29 is 30.6 Å². The Labute approximate surface area is 156 Å². The number of alkyl halides is 6. The van der Waals surface area contributed by atoms with Crippen LogP contribution in [0.3, 0.4) is 0 Å². The van der Waals surface area contributed by atoms with Crippen molar-refractivity contribution in [3.63, 3.8) is 0 Å². The van der Waals surface area contributed by atoms with Crippen molar-refractivity contribution in [1.82, 2.24) is 9.29 Å². The van der Waals surface area contributed by atoms with Crippen LogP contribution in [0.1, 0.15) is 22.7 Å². The molecule has 28 heavy (non-hydrogen) atoms. The Kier molecular flexibility index (Phi) is 5.72. The highest BCUT2D eigenvalue weighted by Gasteiger charge is 2.47. The second-order valence-corrected chi connectivity index (χ2v) is 7.76. The summed E-state index contributed by atoms with van der Waals surface area (Å²) in [7, 11) is -3.50. The standard InChI is InChI=1S/C16H12F6N4OS/c1-26(28(24,27)13-6-10(7-23)8-25-9-13)14(16(20,21)22)11-2-4-12(5-3-11)15(17,18)19/h2-6,8-9,14,24H,1H3/t14-,28-/m1/s1. The van der Waals surface area contributed by atoms with Gasteiger partial charge in [0.15, 0.2) is 0 Å². The van der Waals surface area contributed by atoms with Crippen LogP contribution in [0.2, 0.25) is 0 Å². The van der Waals surface area contributed by atoms with E-state index in [0.717, 1.165) is 25.5 Å². The van der Waals surface area contributed by atoms with Crippen molar-refractivity contribution in [3.05, 3.63) is 59.4 Å². The van der Waals surface area contributed by atoms with Gasteiger partial charge in [-0.15, -0.1) is 0 Å². The fraction of sp³-hybridized carbons (Fsp3) is 0.250. The number of benzene rings is 1. The van der Waals surface area contributed by atoms with Crippen LogP contribution in [0.5, 0.6) is 0 Å². The summed E-state index contributed by atoms with van der Waals surface area (Å²) in [5.74, 6) is 0. The van der Waals surface area contributed by atoms with E-state index in [1.165, 1.54) is 0 Å². The van der Waals surface area contributed by atoms with Gasteiger partial charge >= 0.3 is 12.4 Å². The van der Waals surface area contributed by atoms with Crippen molar-refractivity contribution in [2.75, 3.05) is 7.05 Å². The van der Waals surface area contributed by atoms with Gasteiger partial charge in [-0.2, -0.15) is 31.6 Å². The Balaban J connectivity index is 2.52. The fourth-order valence-corrected chi connectivity index (χ4v) is 3.77. The molecular weight excluding hydrogens is 410 g/mol. The van der Waals surface area contributed by atoms with Gasteiger partial charge in [0.1, 0.15) is 22.0 Å². The number of pyridine rings is 1. The van der Waals surface area contributed by atoms with Gasteiger partial charge in [-0.3, -0.25) is 4.98 Å². The van der Waals surface area contributed by atoms with E-state index in [0.29, 0.717) is 24.3 Å². The highest BCUT2D eigenvalue weighted by atomic mass is 32.2. The molecule has 0 spiro atoms. The number of hydrogen-bond acceptors (Lipinski definition) is 4. The molecule has 0 fully saturated rings. The molecule has 5 nitrogen and oxygen atoms in total. The van der Waals surface area contributed by atoms with Gasteiger partial charge < -0.3 is 0 Å². The van der Waals surface area contributed by atoms with E-state index in [9.17, 15) is 30.6 Å². The van der Waals surface area contributed by atoms with E-state index < -0.39 is 44.3 Å². The largest absolute Gasteiger partial charge is 0.416 e. The van der Waals surface area contributed by atoms with E-state index in [4.69, 9.17) is 10.0 Å². The van der Waals surface area contributed by atoms with E-state index in [2.05, 4.69) is 4.98 Å². The highest BCUT2D eigenvalue weighted by Crippen LogP contribution is 2.40.